The predicted octanol–water partition coefficient (Wildman–Crippen LogP) is 2.00. The largest absolute Gasteiger partial charge is 0.485 e. The molecule has 1 aliphatic heterocycles. The quantitative estimate of drug-likeness (QED) is 0.537. The van der Waals surface area contributed by atoms with E-state index in [0.29, 0.717) is 0 Å². The van der Waals surface area contributed by atoms with Crippen LogP contribution in [0.4, 0.5) is 0 Å². The molecule has 0 aliphatic carbocycles. The lowest BCUT2D eigenvalue weighted by atomic mass is 10.3. The first-order valence-corrected chi connectivity index (χ1v) is 3.87. The summed E-state index contributed by atoms with van der Waals surface area (Å²) in [7, 11) is 0. The van der Waals surface area contributed by atoms with Crippen LogP contribution in [0.15, 0.2) is 12.3 Å². The SMILES string of the molecule is CSC1(C)CC=CO1. The Morgan fingerprint density at radius 3 is 2.75 bits per heavy atom. The van der Waals surface area contributed by atoms with E-state index in [-0.39, 0.29) is 4.93 Å². The van der Waals surface area contributed by atoms with Crippen molar-refractivity contribution in [2.24, 2.45) is 0 Å². The summed E-state index contributed by atoms with van der Waals surface area (Å²) in [5.41, 5.74) is 0. The molecule has 0 N–H and O–H groups in total. The molecule has 0 amide bonds. The molecular formula is C6H10OS. The van der Waals surface area contributed by atoms with E-state index in [1.54, 1.807) is 18.0 Å². The second kappa shape index (κ2) is 2.02. The molecule has 1 unspecified atom stereocenters. The molecule has 0 fully saturated rings. The van der Waals surface area contributed by atoms with Gasteiger partial charge in [0.1, 0.15) is 0 Å². The van der Waals surface area contributed by atoms with E-state index in [9.17, 15) is 0 Å². The maximum Gasteiger partial charge on any atom is 0.154 e. The van der Waals surface area contributed by atoms with Crippen LogP contribution in [0, 0.1) is 0 Å². The van der Waals surface area contributed by atoms with Gasteiger partial charge in [-0.15, -0.1) is 11.8 Å². The molecular weight excluding hydrogens is 120 g/mol. The summed E-state index contributed by atoms with van der Waals surface area (Å²) >= 11 is 1.75. The summed E-state index contributed by atoms with van der Waals surface area (Å²) in [6, 6.07) is 0. The topological polar surface area (TPSA) is 9.23 Å². The lowest BCUT2D eigenvalue weighted by molar-refractivity contribution is 0.155. The first-order valence-electron chi connectivity index (χ1n) is 2.65. The number of thioether (sulfide) groups is 1. The highest BCUT2D eigenvalue weighted by Gasteiger charge is 2.24. The number of hydrogen-bond acceptors (Lipinski definition) is 2. The molecule has 8 heavy (non-hydrogen) atoms. The monoisotopic (exact) mass is 130 g/mol. The summed E-state index contributed by atoms with van der Waals surface area (Å²) in [4.78, 5) is 0.0417. The van der Waals surface area contributed by atoms with E-state index in [2.05, 4.69) is 19.3 Å². The first kappa shape index (κ1) is 6.02. The van der Waals surface area contributed by atoms with E-state index >= 15 is 0 Å². The lowest BCUT2D eigenvalue weighted by Gasteiger charge is -2.19. The second-order valence-electron chi connectivity index (χ2n) is 2.03. The van der Waals surface area contributed by atoms with E-state index in [0.717, 1.165) is 6.42 Å². The van der Waals surface area contributed by atoms with Gasteiger partial charge in [0.05, 0.1) is 6.26 Å². The summed E-state index contributed by atoms with van der Waals surface area (Å²) < 4.78 is 5.27. The molecule has 0 saturated heterocycles. The molecule has 1 heterocycles. The Morgan fingerprint density at radius 2 is 2.50 bits per heavy atom. The zero-order valence-corrected chi connectivity index (χ0v) is 5.99. The number of ether oxygens (including phenoxy) is 1. The minimum atomic E-state index is 0.0417. The fraction of sp³-hybridized carbons (Fsp3) is 0.667. The maximum absolute atomic E-state index is 5.27. The van der Waals surface area contributed by atoms with Crippen LogP contribution >= 0.6 is 11.8 Å². The number of hydrogen-bond donors (Lipinski definition) is 0. The maximum atomic E-state index is 5.27. The van der Waals surface area contributed by atoms with Gasteiger partial charge in [-0.2, -0.15) is 0 Å². The smallest absolute Gasteiger partial charge is 0.154 e. The molecule has 0 aromatic carbocycles. The van der Waals surface area contributed by atoms with Crippen molar-refractivity contribution in [3.8, 4) is 0 Å². The molecule has 2 heteroatoms. The minimum Gasteiger partial charge on any atom is -0.485 e. The van der Waals surface area contributed by atoms with Crippen molar-refractivity contribution >= 4 is 11.8 Å². The van der Waals surface area contributed by atoms with Crippen LogP contribution in [0.1, 0.15) is 13.3 Å². The van der Waals surface area contributed by atoms with Gasteiger partial charge in [0.2, 0.25) is 0 Å². The highest BCUT2D eigenvalue weighted by molar-refractivity contribution is 7.99. The summed E-state index contributed by atoms with van der Waals surface area (Å²) in [5, 5.41) is 0. The third kappa shape index (κ3) is 0.996. The van der Waals surface area contributed by atoms with Crippen LogP contribution in [-0.2, 0) is 4.74 Å². The van der Waals surface area contributed by atoms with Crippen molar-refractivity contribution in [3.05, 3.63) is 12.3 Å². The molecule has 0 aromatic rings. The average molecular weight is 130 g/mol. The van der Waals surface area contributed by atoms with Crippen molar-refractivity contribution < 1.29 is 4.74 Å². The van der Waals surface area contributed by atoms with Gasteiger partial charge in [0.15, 0.2) is 4.93 Å². The van der Waals surface area contributed by atoms with Crippen molar-refractivity contribution in [1.29, 1.82) is 0 Å². The molecule has 0 spiro atoms. The standard InChI is InChI=1S/C6H10OS/c1-6(8-2)4-3-5-7-6/h3,5H,4H2,1-2H3. The van der Waals surface area contributed by atoms with Crippen LogP contribution in [-0.4, -0.2) is 11.2 Å². The van der Waals surface area contributed by atoms with Gasteiger partial charge in [-0.3, -0.25) is 0 Å². The third-order valence-corrected chi connectivity index (χ3v) is 2.46. The molecule has 0 saturated carbocycles. The Balaban J connectivity index is 2.46. The van der Waals surface area contributed by atoms with Gasteiger partial charge < -0.3 is 4.74 Å². The van der Waals surface area contributed by atoms with Crippen LogP contribution in [0.5, 0.6) is 0 Å². The minimum absolute atomic E-state index is 0.0417. The van der Waals surface area contributed by atoms with E-state index in [4.69, 9.17) is 4.74 Å². The zero-order chi connectivity index (χ0) is 6.04. The summed E-state index contributed by atoms with van der Waals surface area (Å²) in [6.45, 7) is 2.09. The van der Waals surface area contributed by atoms with E-state index in [1.165, 1.54) is 0 Å². The summed E-state index contributed by atoms with van der Waals surface area (Å²) in [5.74, 6) is 0. The average Bonchev–Trinajstić information content (AvgIpc) is 2.17. The van der Waals surface area contributed by atoms with Gasteiger partial charge in [-0.05, 0) is 19.3 Å². The van der Waals surface area contributed by atoms with Crippen LogP contribution in [0.2, 0.25) is 0 Å². The van der Waals surface area contributed by atoms with Crippen molar-refractivity contribution in [1.82, 2.24) is 0 Å². The second-order valence-corrected chi connectivity index (χ2v) is 3.30. The highest BCUT2D eigenvalue weighted by atomic mass is 32.2. The van der Waals surface area contributed by atoms with Crippen LogP contribution < -0.4 is 0 Å². The van der Waals surface area contributed by atoms with E-state index < -0.39 is 0 Å². The fourth-order valence-corrected chi connectivity index (χ4v) is 1.05. The summed E-state index contributed by atoms with van der Waals surface area (Å²) in [6.07, 6.45) is 6.92. The normalized spacial score (nSPS) is 35.2. The van der Waals surface area contributed by atoms with Crippen LogP contribution in [0.25, 0.3) is 0 Å². The Labute approximate surface area is 54.1 Å². The molecule has 46 valence electrons. The molecule has 1 atom stereocenters. The Hall–Kier alpha value is -0.110. The van der Waals surface area contributed by atoms with Gasteiger partial charge in [-0.1, -0.05) is 0 Å². The highest BCUT2D eigenvalue weighted by Crippen LogP contribution is 2.32. The fourth-order valence-electron chi connectivity index (χ4n) is 0.634. The molecule has 1 nitrogen and oxygen atoms in total. The van der Waals surface area contributed by atoms with Gasteiger partial charge in [0, 0.05) is 6.42 Å². The molecule has 0 radical (unpaired) electrons. The first-order chi connectivity index (χ1) is 3.77. The zero-order valence-electron chi connectivity index (χ0n) is 5.18. The predicted molar refractivity (Wildman–Crippen MR) is 36.8 cm³/mol. The van der Waals surface area contributed by atoms with E-state index in [1.807, 2.05) is 0 Å². The molecule has 1 rings (SSSR count). The van der Waals surface area contributed by atoms with Crippen molar-refractivity contribution in [2.45, 2.75) is 18.3 Å². The Bertz CT molecular complexity index is 101. The van der Waals surface area contributed by atoms with Gasteiger partial charge >= 0.3 is 0 Å². The van der Waals surface area contributed by atoms with Gasteiger partial charge in [0.25, 0.3) is 0 Å². The third-order valence-electron chi connectivity index (χ3n) is 1.33. The van der Waals surface area contributed by atoms with Gasteiger partial charge in [-0.25, -0.2) is 0 Å². The lowest BCUT2D eigenvalue weighted by Crippen LogP contribution is -2.15. The van der Waals surface area contributed by atoms with Crippen LogP contribution in [0.3, 0.4) is 0 Å². The number of rotatable bonds is 1. The molecule has 0 aromatic heterocycles. The molecule has 0 bridgehead atoms. The van der Waals surface area contributed by atoms with Crippen molar-refractivity contribution in [3.63, 3.8) is 0 Å². The Kier molecular flexibility index (Phi) is 1.52. The Morgan fingerprint density at radius 1 is 1.75 bits per heavy atom. The molecule has 1 aliphatic rings. The van der Waals surface area contributed by atoms with Crippen molar-refractivity contribution in [2.75, 3.05) is 6.26 Å².